The Kier molecular flexibility index (Phi) is 4.68. The second-order valence-corrected chi connectivity index (χ2v) is 6.91. The Morgan fingerprint density at radius 2 is 2.15 bits per heavy atom. The zero-order chi connectivity index (χ0) is 17.9. The van der Waals surface area contributed by atoms with Gasteiger partial charge in [0.2, 0.25) is 5.69 Å². The first-order valence-electron chi connectivity index (χ1n) is 9.07. The summed E-state index contributed by atoms with van der Waals surface area (Å²) in [6.07, 6.45) is 9.42. The minimum Gasteiger partial charge on any atom is -0.346 e. The molecular formula is C21H21FN4. The van der Waals surface area contributed by atoms with Gasteiger partial charge in [0.1, 0.15) is 5.82 Å². The van der Waals surface area contributed by atoms with Gasteiger partial charge in [0.25, 0.3) is 0 Å². The van der Waals surface area contributed by atoms with Crippen molar-refractivity contribution in [1.29, 1.82) is 0 Å². The van der Waals surface area contributed by atoms with Crippen molar-refractivity contribution in [3.8, 4) is 11.1 Å². The number of pyridine rings is 1. The minimum atomic E-state index is -0.486. The molecule has 2 aromatic heterocycles. The highest BCUT2D eigenvalue weighted by Gasteiger charge is 2.15. The van der Waals surface area contributed by atoms with Crippen molar-refractivity contribution in [3.05, 3.63) is 60.1 Å². The predicted octanol–water partition coefficient (Wildman–Crippen LogP) is 4.78. The molecule has 1 aromatic carbocycles. The molecule has 26 heavy (non-hydrogen) atoms. The normalized spacial score (nSPS) is 17.8. The number of benzene rings is 1. The lowest BCUT2D eigenvalue weighted by molar-refractivity contribution is 0.410. The van der Waals surface area contributed by atoms with Crippen LogP contribution in [0.5, 0.6) is 0 Å². The van der Waals surface area contributed by atoms with Crippen LogP contribution in [0.2, 0.25) is 0 Å². The molecule has 0 aliphatic carbocycles. The van der Waals surface area contributed by atoms with E-state index in [-0.39, 0.29) is 5.69 Å². The zero-order valence-corrected chi connectivity index (χ0v) is 14.6. The quantitative estimate of drug-likeness (QED) is 0.691. The first-order chi connectivity index (χ1) is 12.8. The molecule has 1 atom stereocenters. The van der Waals surface area contributed by atoms with Crippen LogP contribution >= 0.6 is 0 Å². The van der Waals surface area contributed by atoms with Gasteiger partial charge in [0, 0.05) is 29.9 Å². The molecule has 0 amide bonds. The van der Waals surface area contributed by atoms with E-state index in [4.69, 9.17) is 6.57 Å². The summed E-state index contributed by atoms with van der Waals surface area (Å²) in [5, 5.41) is 4.53. The van der Waals surface area contributed by atoms with E-state index < -0.39 is 5.82 Å². The molecule has 3 aromatic rings. The molecule has 132 valence electrons. The fourth-order valence-corrected chi connectivity index (χ4v) is 3.81. The monoisotopic (exact) mass is 348 g/mol. The van der Waals surface area contributed by atoms with Gasteiger partial charge in [0.05, 0.1) is 18.3 Å². The van der Waals surface area contributed by atoms with Gasteiger partial charge in [-0.1, -0.05) is 12.1 Å². The van der Waals surface area contributed by atoms with Crippen LogP contribution in [0.15, 0.2) is 42.9 Å². The largest absolute Gasteiger partial charge is 0.346 e. The molecule has 1 N–H and O–H groups in total. The second-order valence-electron chi connectivity index (χ2n) is 6.91. The fraction of sp³-hybridized carbons (Fsp3) is 0.333. The lowest BCUT2D eigenvalue weighted by Gasteiger charge is -2.15. The number of nitrogens with one attached hydrogen (secondary N) is 1. The number of aromatic nitrogens is 2. The van der Waals surface area contributed by atoms with Crippen LogP contribution in [-0.4, -0.2) is 22.6 Å². The van der Waals surface area contributed by atoms with Gasteiger partial charge in [-0.2, -0.15) is 0 Å². The molecule has 4 nitrogen and oxygen atoms in total. The predicted molar refractivity (Wildman–Crippen MR) is 102 cm³/mol. The van der Waals surface area contributed by atoms with E-state index >= 15 is 0 Å². The highest BCUT2D eigenvalue weighted by molar-refractivity contribution is 5.94. The maximum Gasteiger partial charge on any atom is 0.222 e. The van der Waals surface area contributed by atoms with Crippen LogP contribution < -0.4 is 5.32 Å². The molecule has 0 spiro atoms. The third-order valence-corrected chi connectivity index (χ3v) is 5.23. The van der Waals surface area contributed by atoms with Crippen LogP contribution in [0.25, 0.3) is 26.9 Å². The summed E-state index contributed by atoms with van der Waals surface area (Å²) in [6.45, 7) is 10.2. The van der Waals surface area contributed by atoms with Crippen LogP contribution in [0.4, 0.5) is 10.1 Å². The maximum atomic E-state index is 14.0. The van der Waals surface area contributed by atoms with Crippen molar-refractivity contribution in [2.45, 2.75) is 25.8 Å². The van der Waals surface area contributed by atoms with E-state index in [1.807, 2.05) is 6.20 Å². The van der Waals surface area contributed by atoms with Crippen molar-refractivity contribution >= 4 is 16.6 Å². The molecule has 4 rings (SSSR count). The molecule has 1 aliphatic heterocycles. The van der Waals surface area contributed by atoms with Crippen molar-refractivity contribution in [3.63, 3.8) is 0 Å². The standard InChI is InChI=1S/C21H21FN4/c1-23-20-5-4-16(11-19(20)22)18-12-25-13-21-17(18)7-10-26(21)14-15-3-2-8-24-9-6-15/h4-5,7,10-13,15,24H,2-3,6,8-9,14H2. The number of halogens is 1. The Balaban J connectivity index is 1.69. The van der Waals surface area contributed by atoms with E-state index in [2.05, 4.69) is 32.0 Å². The van der Waals surface area contributed by atoms with E-state index in [0.717, 1.165) is 41.7 Å². The Hall–Kier alpha value is -2.71. The third kappa shape index (κ3) is 3.21. The summed E-state index contributed by atoms with van der Waals surface area (Å²) >= 11 is 0. The van der Waals surface area contributed by atoms with Crippen LogP contribution in [-0.2, 0) is 6.54 Å². The number of rotatable bonds is 3. The highest BCUT2D eigenvalue weighted by Crippen LogP contribution is 2.32. The summed E-state index contributed by atoms with van der Waals surface area (Å²) < 4.78 is 16.3. The van der Waals surface area contributed by atoms with Gasteiger partial charge in [-0.05, 0) is 56.0 Å². The summed E-state index contributed by atoms with van der Waals surface area (Å²) in [5.74, 6) is 0.180. The summed E-state index contributed by atoms with van der Waals surface area (Å²) in [7, 11) is 0. The van der Waals surface area contributed by atoms with Crippen molar-refractivity contribution in [1.82, 2.24) is 14.9 Å². The third-order valence-electron chi connectivity index (χ3n) is 5.23. The molecule has 3 heterocycles. The van der Waals surface area contributed by atoms with Crippen molar-refractivity contribution < 1.29 is 4.39 Å². The molecule has 0 saturated carbocycles. The summed E-state index contributed by atoms with van der Waals surface area (Å²) in [6, 6.07) is 6.84. The average Bonchev–Trinajstić information content (AvgIpc) is 2.89. The van der Waals surface area contributed by atoms with E-state index in [1.54, 1.807) is 12.3 Å². The van der Waals surface area contributed by atoms with Crippen molar-refractivity contribution in [2.24, 2.45) is 5.92 Å². The fourth-order valence-electron chi connectivity index (χ4n) is 3.81. The minimum absolute atomic E-state index is 0.0495. The lowest BCUT2D eigenvalue weighted by atomic mass is 10.0. The highest BCUT2D eigenvalue weighted by atomic mass is 19.1. The number of hydrogen-bond acceptors (Lipinski definition) is 2. The first kappa shape index (κ1) is 16.7. The number of nitrogens with zero attached hydrogens (tertiary/aromatic N) is 3. The molecule has 5 heteroatoms. The van der Waals surface area contributed by atoms with Gasteiger partial charge < -0.3 is 9.88 Å². The van der Waals surface area contributed by atoms with E-state index in [9.17, 15) is 4.39 Å². The Morgan fingerprint density at radius 1 is 1.23 bits per heavy atom. The molecular weight excluding hydrogens is 327 g/mol. The molecule has 0 radical (unpaired) electrons. The Morgan fingerprint density at radius 3 is 3.00 bits per heavy atom. The number of fused-ring (bicyclic) bond motifs is 1. The topological polar surface area (TPSA) is 34.2 Å². The molecule has 1 aliphatic rings. The van der Waals surface area contributed by atoms with Crippen molar-refractivity contribution in [2.75, 3.05) is 13.1 Å². The van der Waals surface area contributed by atoms with Gasteiger partial charge in [-0.3, -0.25) is 4.98 Å². The van der Waals surface area contributed by atoms with E-state index in [0.29, 0.717) is 5.92 Å². The van der Waals surface area contributed by atoms with Gasteiger partial charge in [-0.15, -0.1) is 0 Å². The smallest absolute Gasteiger partial charge is 0.222 e. The second kappa shape index (κ2) is 7.27. The Labute approximate surface area is 152 Å². The molecule has 1 saturated heterocycles. The van der Waals surface area contributed by atoms with Crippen LogP contribution in [0.3, 0.4) is 0 Å². The molecule has 0 bridgehead atoms. The lowest BCUT2D eigenvalue weighted by Crippen LogP contribution is -2.15. The van der Waals surface area contributed by atoms with Crippen LogP contribution in [0.1, 0.15) is 19.3 Å². The Bertz CT molecular complexity index is 962. The van der Waals surface area contributed by atoms with E-state index in [1.165, 1.54) is 31.4 Å². The van der Waals surface area contributed by atoms with Gasteiger partial charge in [-0.25, -0.2) is 9.24 Å². The molecule has 1 fully saturated rings. The molecule has 1 unspecified atom stereocenters. The van der Waals surface area contributed by atoms with Gasteiger partial charge in [0.15, 0.2) is 0 Å². The summed E-state index contributed by atoms with van der Waals surface area (Å²) in [5.41, 5.74) is 2.78. The maximum absolute atomic E-state index is 14.0. The SMILES string of the molecule is [C-]#[N+]c1ccc(-c2cncc3c2ccn3CC2CCCNCC2)cc1F. The first-order valence-corrected chi connectivity index (χ1v) is 9.07. The summed E-state index contributed by atoms with van der Waals surface area (Å²) in [4.78, 5) is 7.58. The average molecular weight is 348 g/mol. The van der Waals surface area contributed by atoms with Gasteiger partial charge >= 0.3 is 0 Å². The number of hydrogen-bond donors (Lipinski definition) is 1. The zero-order valence-electron chi connectivity index (χ0n) is 14.6. The van der Waals surface area contributed by atoms with Crippen LogP contribution in [0, 0.1) is 18.3 Å².